The van der Waals surface area contributed by atoms with Crippen molar-refractivity contribution in [3.05, 3.63) is 35.0 Å². The molecule has 1 unspecified atom stereocenters. The highest BCUT2D eigenvalue weighted by Gasteiger charge is 2.38. The fraction of sp³-hybridized carbons (Fsp3) is 0.600. The lowest BCUT2D eigenvalue weighted by Crippen LogP contribution is -2.50. The van der Waals surface area contributed by atoms with Crippen molar-refractivity contribution in [2.24, 2.45) is 0 Å². The molecule has 3 heterocycles. The van der Waals surface area contributed by atoms with Crippen molar-refractivity contribution in [2.45, 2.75) is 50.7 Å². The molecule has 6 heteroatoms. The molecule has 0 radical (unpaired) electrons. The van der Waals surface area contributed by atoms with E-state index in [-0.39, 0.29) is 5.60 Å². The van der Waals surface area contributed by atoms with Crippen LogP contribution in [0.3, 0.4) is 0 Å². The van der Waals surface area contributed by atoms with E-state index < -0.39 is 11.6 Å². The van der Waals surface area contributed by atoms with Crippen LogP contribution >= 0.6 is 0 Å². The molecule has 2 aliphatic heterocycles. The molecule has 1 aromatic heterocycles. The predicted molar refractivity (Wildman–Crippen MR) is 96.4 cm³/mol. The minimum absolute atomic E-state index is 0.0306. The summed E-state index contributed by atoms with van der Waals surface area (Å²) in [6.45, 7) is 5.03. The van der Waals surface area contributed by atoms with E-state index in [1.807, 2.05) is 6.92 Å². The maximum atomic E-state index is 13.9. The van der Waals surface area contributed by atoms with Crippen LogP contribution in [0.2, 0.25) is 0 Å². The normalized spacial score (nSPS) is 23.0. The molecule has 2 aliphatic rings. The van der Waals surface area contributed by atoms with Gasteiger partial charge in [0.1, 0.15) is 11.6 Å². The van der Waals surface area contributed by atoms with E-state index in [1.165, 1.54) is 6.07 Å². The number of aromatic amines is 1. The van der Waals surface area contributed by atoms with Crippen molar-refractivity contribution in [3.63, 3.8) is 0 Å². The lowest BCUT2D eigenvalue weighted by atomic mass is 9.84. The maximum Gasteiger partial charge on any atom is 0.150 e. The number of rotatable bonds is 4. The average Bonchev–Trinajstić information content (AvgIpc) is 2.92. The Morgan fingerprint density at radius 1 is 1.23 bits per heavy atom. The molecular formula is C20H26F2N2O2. The number of aromatic nitrogens is 1. The first-order valence-electron chi connectivity index (χ1n) is 9.48. The fourth-order valence-electron chi connectivity index (χ4n) is 4.42. The van der Waals surface area contributed by atoms with Crippen LogP contribution in [0.4, 0.5) is 8.78 Å². The van der Waals surface area contributed by atoms with Crippen LogP contribution in [-0.4, -0.2) is 43.0 Å². The third-order valence-corrected chi connectivity index (χ3v) is 5.85. The highest BCUT2D eigenvalue weighted by atomic mass is 19.1. The van der Waals surface area contributed by atoms with Crippen molar-refractivity contribution in [2.75, 3.05) is 26.4 Å². The summed E-state index contributed by atoms with van der Waals surface area (Å²) >= 11 is 0. The van der Waals surface area contributed by atoms with Crippen molar-refractivity contribution >= 4 is 10.9 Å². The average molecular weight is 364 g/mol. The number of hydrogen-bond acceptors (Lipinski definition) is 3. The van der Waals surface area contributed by atoms with Crippen LogP contribution in [0, 0.1) is 18.6 Å². The summed E-state index contributed by atoms with van der Waals surface area (Å²) in [6.07, 6.45) is 4.67. The molecule has 2 N–H and O–H groups in total. The van der Waals surface area contributed by atoms with Gasteiger partial charge in [-0.15, -0.1) is 0 Å². The molecule has 1 atom stereocenters. The molecule has 4 nitrogen and oxygen atoms in total. The van der Waals surface area contributed by atoms with Gasteiger partial charge in [0.25, 0.3) is 0 Å². The van der Waals surface area contributed by atoms with E-state index in [1.54, 1.807) is 0 Å². The Labute approximate surface area is 152 Å². The number of aryl methyl sites for hydroxylation is 1. The van der Waals surface area contributed by atoms with Crippen LogP contribution in [0.25, 0.3) is 10.9 Å². The molecule has 0 saturated carbocycles. The second-order valence-corrected chi connectivity index (χ2v) is 7.58. The second-order valence-electron chi connectivity index (χ2n) is 7.58. The number of H-pyrrole nitrogens is 1. The van der Waals surface area contributed by atoms with Crippen LogP contribution in [0.5, 0.6) is 0 Å². The zero-order valence-corrected chi connectivity index (χ0v) is 15.2. The highest BCUT2D eigenvalue weighted by Crippen LogP contribution is 2.34. The first-order valence-corrected chi connectivity index (χ1v) is 9.48. The van der Waals surface area contributed by atoms with Gasteiger partial charge in [0.15, 0.2) is 0 Å². The third-order valence-electron chi connectivity index (χ3n) is 5.85. The lowest BCUT2D eigenvalue weighted by Gasteiger charge is -2.43. The Hall–Kier alpha value is -1.50. The van der Waals surface area contributed by atoms with Crippen LogP contribution in [-0.2, 0) is 15.9 Å². The van der Waals surface area contributed by atoms with E-state index in [0.717, 1.165) is 75.8 Å². The summed E-state index contributed by atoms with van der Waals surface area (Å²) in [5.41, 5.74) is 2.25. The Kier molecular flexibility index (Phi) is 4.99. The van der Waals surface area contributed by atoms with Gasteiger partial charge in [-0.25, -0.2) is 8.78 Å². The molecule has 2 aromatic rings. The van der Waals surface area contributed by atoms with Gasteiger partial charge in [-0.05, 0) is 57.2 Å². The fourth-order valence-corrected chi connectivity index (χ4v) is 4.42. The first kappa shape index (κ1) is 17.9. The van der Waals surface area contributed by atoms with Crippen molar-refractivity contribution < 1.29 is 18.3 Å². The molecule has 0 aliphatic carbocycles. The summed E-state index contributed by atoms with van der Waals surface area (Å²) < 4.78 is 39.1. The molecule has 4 rings (SSSR count). The molecule has 1 spiro atoms. The van der Waals surface area contributed by atoms with Gasteiger partial charge in [0.2, 0.25) is 0 Å². The zero-order valence-electron chi connectivity index (χ0n) is 15.2. The molecular weight excluding hydrogens is 338 g/mol. The zero-order chi connectivity index (χ0) is 18.1. The predicted octanol–water partition coefficient (Wildman–Crippen LogP) is 3.61. The van der Waals surface area contributed by atoms with Crippen molar-refractivity contribution in [3.8, 4) is 0 Å². The number of ether oxygens (including phenoxy) is 2. The standard InChI is InChI=1S/C20H26F2N2O2/c1-13-16(17-10-14(21)11-18(22)19(17)24-13)2-6-23-15-3-7-26-20(12-15)4-8-25-9-5-20/h10-11,15,23-24H,2-9,12H2,1H3. The van der Waals surface area contributed by atoms with E-state index in [9.17, 15) is 8.78 Å². The molecule has 142 valence electrons. The van der Waals surface area contributed by atoms with Gasteiger partial charge >= 0.3 is 0 Å². The van der Waals surface area contributed by atoms with Gasteiger partial charge in [-0.2, -0.15) is 0 Å². The molecule has 26 heavy (non-hydrogen) atoms. The molecule has 0 bridgehead atoms. The third kappa shape index (κ3) is 3.50. The summed E-state index contributed by atoms with van der Waals surface area (Å²) in [7, 11) is 0. The molecule has 2 saturated heterocycles. The van der Waals surface area contributed by atoms with Gasteiger partial charge in [0.05, 0.1) is 11.1 Å². The van der Waals surface area contributed by atoms with Gasteiger partial charge in [-0.3, -0.25) is 0 Å². The van der Waals surface area contributed by atoms with Crippen molar-refractivity contribution in [1.29, 1.82) is 0 Å². The molecule has 1 aromatic carbocycles. The number of benzene rings is 1. The SMILES string of the molecule is Cc1[nH]c2c(F)cc(F)cc2c1CCNC1CCOC2(CCOCC2)C1. The van der Waals surface area contributed by atoms with E-state index >= 15 is 0 Å². The Morgan fingerprint density at radius 3 is 2.85 bits per heavy atom. The number of halogens is 2. The number of fused-ring (bicyclic) bond motifs is 1. The summed E-state index contributed by atoms with van der Waals surface area (Å²) in [6, 6.07) is 2.76. The summed E-state index contributed by atoms with van der Waals surface area (Å²) in [5.74, 6) is -1.07. The topological polar surface area (TPSA) is 46.3 Å². The Bertz CT molecular complexity index is 778. The van der Waals surface area contributed by atoms with Crippen molar-refractivity contribution in [1.82, 2.24) is 10.3 Å². The Morgan fingerprint density at radius 2 is 2.04 bits per heavy atom. The molecule has 0 amide bonds. The summed E-state index contributed by atoms with van der Waals surface area (Å²) in [5, 5.41) is 4.28. The van der Waals surface area contributed by atoms with E-state index in [2.05, 4.69) is 10.3 Å². The van der Waals surface area contributed by atoms with E-state index in [4.69, 9.17) is 9.47 Å². The second kappa shape index (κ2) is 7.25. The van der Waals surface area contributed by atoms with Crippen LogP contribution in [0.15, 0.2) is 12.1 Å². The molecule has 2 fully saturated rings. The monoisotopic (exact) mass is 364 g/mol. The summed E-state index contributed by atoms with van der Waals surface area (Å²) in [4.78, 5) is 3.05. The smallest absolute Gasteiger partial charge is 0.150 e. The Balaban J connectivity index is 1.40. The van der Waals surface area contributed by atoms with E-state index in [0.29, 0.717) is 16.9 Å². The minimum atomic E-state index is -0.534. The van der Waals surface area contributed by atoms with Gasteiger partial charge in [0, 0.05) is 43.0 Å². The number of nitrogens with one attached hydrogen (secondary N) is 2. The lowest BCUT2D eigenvalue weighted by molar-refractivity contribution is -0.140. The highest BCUT2D eigenvalue weighted by molar-refractivity contribution is 5.85. The van der Waals surface area contributed by atoms with Gasteiger partial charge in [-0.1, -0.05) is 0 Å². The van der Waals surface area contributed by atoms with Gasteiger partial charge < -0.3 is 19.8 Å². The van der Waals surface area contributed by atoms with Crippen LogP contribution in [0.1, 0.15) is 36.9 Å². The first-order chi connectivity index (χ1) is 12.6. The maximum absolute atomic E-state index is 13.9. The number of hydrogen-bond donors (Lipinski definition) is 2. The minimum Gasteiger partial charge on any atom is -0.381 e. The largest absolute Gasteiger partial charge is 0.381 e. The van der Waals surface area contributed by atoms with Crippen LogP contribution < -0.4 is 5.32 Å². The quantitative estimate of drug-likeness (QED) is 0.871.